The van der Waals surface area contributed by atoms with Gasteiger partial charge in [-0.3, -0.25) is 0 Å². The van der Waals surface area contributed by atoms with E-state index < -0.39 is 9.84 Å². The summed E-state index contributed by atoms with van der Waals surface area (Å²) >= 11 is 6.14. The number of benzene rings is 1. The van der Waals surface area contributed by atoms with Crippen molar-refractivity contribution < 1.29 is 13.2 Å². The molecule has 26 heavy (non-hydrogen) atoms. The average molecular weight is 404 g/mol. The van der Waals surface area contributed by atoms with Crippen LogP contribution in [0.15, 0.2) is 29.3 Å². The summed E-state index contributed by atoms with van der Waals surface area (Å²) in [7, 11) is -2.97. The Bertz CT molecular complexity index is 680. The van der Waals surface area contributed by atoms with Crippen LogP contribution in [0.2, 0.25) is 5.02 Å². The molecule has 2 unspecified atom stereocenters. The summed E-state index contributed by atoms with van der Waals surface area (Å²) in [6.07, 6.45) is 2.46. The third kappa shape index (κ3) is 9.29. The van der Waals surface area contributed by atoms with Crippen LogP contribution in [0.25, 0.3) is 0 Å². The number of aliphatic imine (C=N–C) groups is 1. The van der Waals surface area contributed by atoms with Gasteiger partial charge in [0.15, 0.2) is 5.96 Å². The second-order valence-corrected chi connectivity index (χ2v) is 8.93. The SMILES string of the molecule is CCNC(=NCC(CC)Oc1ccccc1Cl)NC(C)CCS(C)(=O)=O. The van der Waals surface area contributed by atoms with Gasteiger partial charge in [0.25, 0.3) is 0 Å². The first-order valence-corrected chi connectivity index (χ1v) is 11.3. The molecule has 6 nitrogen and oxygen atoms in total. The highest BCUT2D eigenvalue weighted by molar-refractivity contribution is 7.90. The maximum atomic E-state index is 11.3. The summed E-state index contributed by atoms with van der Waals surface area (Å²) in [5.41, 5.74) is 0. The van der Waals surface area contributed by atoms with Crippen LogP contribution in [0, 0.1) is 0 Å². The number of ether oxygens (including phenoxy) is 1. The Balaban J connectivity index is 2.66. The molecule has 148 valence electrons. The molecule has 1 rings (SSSR count). The molecule has 0 heterocycles. The number of sulfone groups is 1. The summed E-state index contributed by atoms with van der Waals surface area (Å²) in [6.45, 7) is 7.14. The molecule has 1 aromatic rings. The van der Waals surface area contributed by atoms with Crippen molar-refractivity contribution in [1.29, 1.82) is 0 Å². The Morgan fingerprint density at radius 2 is 2.00 bits per heavy atom. The van der Waals surface area contributed by atoms with Crippen molar-refractivity contribution in [2.24, 2.45) is 4.99 Å². The molecule has 0 radical (unpaired) electrons. The molecule has 0 bridgehead atoms. The maximum Gasteiger partial charge on any atom is 0.191 e. The van der Waals surface area contributed by atoms with Crippen molar-refractivity contribution in [3.05, 3.63) is 29.3 Å². The molecule has 0 aliphatic rings. The number of nitrogens with zero attached hydrogens (tertiary/aromatic N) is 1. The molecule has 0 saturated heterocycles. The van der Waals surface area contributed by atoms with Gasteiger partial charge in [-0.2, -0.15) is 0 Å². The third-order valence-electron chi connectivity index (χ3n) is 3.69. The third-order valence-corrected chi connectivity index (χ3v) is 4.98. The Morgan fingerprint density at radius 1 is 1.31 bits per heavy atom. The lowest BCUT2D eigenvalue weighted by Gasteiger charge is -2.20. The molecule has 0 aromatic heterocycles. The van der Waals surface area contributed by atoms with E-state index >= 15 is 0 Å². The van der Waals surface area contributed by atoms with Crippen LogP contribution >= 0.6 is 11.6 Å². The van der Waals surface area contributed by atoms with E-state index in [0.29, 0.717) is 36.2 Å². The van der Waals surface area contributed by atoms with Gasteiger partial charge in [0.05, 0.1) is 17.3 Å². The minimum Gasteiger partial charge on any atom is -0.487 e. The van der Waals surface area contributed by atoms with E-state index in [1.54, 1.807) is 6.07 Å². The van der Waals surface area contributed by atoms with Gasteiger partial charge in [-0.1, -0.05) is 30.7 Å². The smallest absolute Gasteiger partial charge is 0.191 e. The summed E-state index contributed by atoms with van der Waals surface area (Å²) < 4.78 is 28.5. The second kappa shape index (κ2) is 11.3. The summed E-state index contributed by atoms with van der Waals surface area (Å²) in [5.74, 6) is 1.44. The van der Waals surface area contributed by atoms with E-state index in [1.165, 1.54) is 6.26 Å². The molecule has 8 heteroatoms. The number of hydrogen-bond acceptors (Lipinski definition) is 4. The maximum absolute atomic E-state index is 11.3. The van der Waals surface area contributed by atoms with Gasteiger partial charge in [0.2, 0.25) is 0 Å². The zero-order valence-electron chi connectivity index (χ0n) is 16.0. The lowest BCUT2D eigenvalue weighted by molar-refractivity contribution is 0.205. The van der Waals surface area contributed by atoms with Crippen LogP contribution in [-0.4, -0.2) is 51.6 Å². The summed E-state index contributed by atoms with van der Waals surface area (Å²) in [4.78, 5) is 4.57. The molecule has 0 fully saturated rings. The largest absolute Gasteiger partial charge is 0.487 e. The molecule has 0 spiro atoms. The molecule has 0 aliphatic heterocycles. The number of hydrogen-bond donors (Lipinski definition) is 2. The molecule has 2 atom stereocenters. The zero-order valence-corrected chi connectivity index (χ0v) is 17.5. The predicted octanol–water partition coefficient (Wildman–Crippen LogP) is 2.88. The van der Waals surface area contributed by atoms with Crippen molar-refractivity contribution in [2.75, 3.05) is 25.1 Å². The van der Waals surface area contributed by atoms with E-state index in [2.05, 4.69) is 15.6 Å². The minimum absolute atomic E-state index is 0.00733. The molecule has 0 aliphatic carbocycles. The fraction of sp³-hybridized carbons (Fsp3) is 0.611. The number of halogens is 1. The fourth-order valence-electron chi connectivity index (χ4n) is 2.18. The highest BCUT2D eigenvalue weighted by atomic mass is 35.5. The topological polar surface area (TPSA) is 79.8 Å². The van der Waals surface area contributed by atoms with E-state index in [-0.39, 0.29) is 17.9 Å². The highest BCUT2D eigenvalue weighted by Crippen LogP contribution is 2.24. The lowest BCUT2D eigenvalue weighted by atomic mass is 10.2. The Kier molecular flexibility index (Phi) is 9.80. The van der Waals surface area contributed by atoms with Crippen molar-refractivity contribution in [1.82, 2.24) is 10.6 Å². The molecule has 1 aromatic carbocycles. The Hall–Kier alpha value is -1.47. The van der Waals surface area contributed by atoms with Crippen LogP contribution < -0.4 is 15.4 Å². The number of para-hydroxylation sites is 1. The first kappa shape index (κ1) is 22.6. The van der Waals surface area contributed by atoms with E-state index in [9.17, 15) is 8.42 Å². The van der Waals surface area contributed by atoms with E-state index in [0.717, 1.165) is 6.42 Å². The number of rotatable bonds is 10. The summed E-state index contributed by atoms with van der Waals surface area (Å²) in [6, 6.07) is 7.37. The van der Waals surface area contributed by atoms with Gasteiger partial charge in [-0.25, -0.2) is 13.4 Å². The number of guanidine groups is 1. The van der Waals surface area contributed by atoms with Crippen molar-refractivity contribution in [2.45, 2.75) is 45.8 Å². The van der Waals surface area contributed by atoms with Gasteiger partial charge < -0.3 is 15.4 Å². The fourth-order valence-corrected chi connectivity index (χ4v) is 3.14. The normalized spacial score (nSPS) is 14.6. The van der Waals surface area contributed by atoms with Crippen LogP contribution in [0.4, 0.5) is 0 Å². The van der Waals surface area contributed by atoms with E-state index in [1.807, 2.05) is 39.0 Å². The van der Waals surface area contributed by atoms with Crippen LogP contribution in [0.1, 0.15) is 33.6 Å². The summed E-state index contributed by atoms with van der Waals surface area (Å²) in [5, 5.41) is 6.99. The Morgan fingerprint density at radius 3 is 2.58 bits per heavy atom. The number of nitrogens with one attached hydrogen (secondary N) is 2. The van der Waals surface area contributed by atoms with Gasteiger partial charge in [-0.15, -0.1) is 0 Å². The standard InChI is InChI=1S/C18H30ClN3O3S/c1-5-15(25-17-10-8-7-9-16(17)19)13-21-18(20-6-2)22-14(3)11-12-26(4,23)24/h7-10,14-15H,5-6,11-13H2,1-4H3,(H2,20,21,22). The second-order valence-electron chi connectivity index (χ2n) is 6.26. The lowest BCUT2D eigenvalue weighted by Crippen LogP contribution is -2.43. The highest BCUT2D eigenvalue weighted by Gasteiger charge is 2.12. The molecule has 2 N–H and O–H groups in total. The molecular formula is C18H30ClN3O3S. The Labute approximate surface area is 162 Å². The van der Waals surface area contributed by atoms with Gasteiger partial charge in [0.1, 0.15) is 21.7 Å². The van der Waals surface area contributed by atoms with Gasteiger partial charge in [-0.05, 0) is 38.8 Å². The monoisotopic (exact) mass is 403 g/mol. The van der Waals surface area contributed by atoms with Crippen LogP contribution in [0.3, 0.4) is 0 Å². The zero-order chi connectivity index (χ0) is 19.6. The van der Waals surface area contributed by atoms with Crippen molar-refractivity contribution in [3.63, 3.8) is 0 Å². The predicted molar refractivity (Wildman–Crippen MR) is 109 cm³/mol. The van der Waals surface area contributed by atoms with Crippen molar-refractivity contribution >= 4 is 27.4 Å². The van der Waals surface area contributed by atoms with Gasteiger partial charge in [0, 0.05) is 18.8 Å². The minimum atomic E-state index is -2.97. The van der Waals surface area contributed by atoms with Crippen LogP contribution in [0.5, 0.6) is 5.75 Å². The quantitative estimate of drug-likeness (QED) is 0.463. The van der Waals surface area contributed by atoms with Crippen molar-refractivity contribution in [3.8, 4) is 5.75 Å². The molecule has 0 amide bonds. The average Bonchev–Trinajstić information content (AvgIpc) is 2.57. The van der Waals surface area contributed by atoms with E-state index in [4.69, 9.17) is 16.3 Å². The molecular weight excluding hydrogens is 374 g/mol. The first-order chi connectivity index (χ1) is 12.2. The first-order valence-electron chi connectivity index (χ1n) is 8.88. The van der Waals surface area contributed by atoms with Gasteiger partial charge >= 0.3 is 0 Å². The molecule has 0 saturated carbocycles. The van der Waals surface area contributed by atoms with Crippen LogP contribution in [-0.2, 0) is 9.84 Å².